The maximum atomic E-state index is 4.17. The lowest BCUT2D eigenvalue weighted by atomic mass is 10.4. The van der Waals surface area contributed by atoms with E-state index < -0.39 is 0 Å². The van der Waals surface area contributed by atoms with Gasteiger partial charge in [-0.25, -0.2) is 4.98 Å². The highest BCUT2D eigenvalue weighted by Gasteiger charge is 1.99. The molecule has 13 heavy (non-hydrogen) atoms. The van der Waals surface area contributed by atoms with E-state index >= 15 is 0 Å². The predicted octanol–water partition coefficient (Wildman–Crippen LogP) is 1.18. The van der Waals surface area contributed by atoms with E-state index in [9.17, 15) is 0 Å². The first-order valence-corrected chi connectivity index (χ1v) is 4.64. The monoisotopic (exact) mass is 195 g/mol. The number of aryl methyl sites for hydroxylation is 1. The van der Waals surface area contributed by atoms with E-state index in [1.54, 1.807) is 6.20 Å². The van der Waals surface area contributed by atoms with Crippen LogP contribution >= 0.6 is 11.5 Å². The summed E-state index contributed by atoms with van der Waals surface area (Å²) in [5.41, 5.74) is 1.04. The highest BCUT2D eigenvalue weighted by molar-refractivity contribution is 7.09. The van der Waals surface area contributed by atoms with Crippen molar-refractivity contribution in [3.8, 4) is 0 Å². The van der Waals surface area contributed by atoms with Gasteiger partial charge in [0, 0.05) is 17.7 Å². The van der Waals surface area contributed by atoms with Gasteiger partial charge in [-0.3, -0.25) is 5.10 Å². The van der Waals surface area contributed by atoms with E-state index in [2.05, 4.69) is 24.9 Å². The molecule has 0 saturated carbocycles. The molecule has 0 saturated heterocycles. The Kier molecular flexibility index (Phi) is 2.22. The van der Waals surface area contributed by atoms with Crippen molar-refractivity contribution in [2.24, 2.45) is 0 Å². The molecule has 2 rings (SSSR count). The van der Waals surface area contributed by atoms with Crippen molar-refractivity contribution >= 4 is 16.7 Å². The van der Waals surface area contributed by atoms with Crippen LogP contribution in [0.2, 0.25) is 0 Å². The lowest BCUT2D eigenvalue weighted by Crippen LogP contribution is -1.99. The second-order valence-corrected chi connectivity index (χ2v) is 3.33. The maximum absolute atomic E-state index is 4.17. The minimum absolute atomic E-state index is 0.703. The molecule has 0 bridgehead atoms. The first-order valence-electron chi connectivity index (χ1n) is 3.87. The highest BCUT2D eigenvalue weighted by atomic mass is 32.1. The van der Waals surface area contributed by atoms with Crippen molar-refractivity contribution in [1.82, 2.24) is 19.6 Å². The lowest BCUT2D eigenvalue weighted by Gasteiger charge is -1.97. The number of rotatable bonds is 3. The zero-order valence-corrected chi connectivity index (χ0v) is 7.93. The minimum Gasteiger partial charge on any atom is -0.355 e. The largest absolute Gasteiger partial charge is 0.355 e. The molecule has 5 nitrogen and oxygen atoms in total. The number of anilines is 1. The van der Waals surface area contributed by atoms with Crippen molar-refractivity contribution in [3.05, 3.63) is 23.8 Å². The molecule has 2 aromatic rings. The van der Waals surface area contributed by atoms with Crippen molar-refractivity contribution in [3.63, 3.8) is 0 Å². The molecule has 68 valence electrons. The molecule has 6 heteroatoms. The van der Waals surface area contributed by atoms with E-state index in [1.807, 2.05) is 13.0 Å². The van der Waals surface area contributed by atoms with Gasteiger partial charge < -0.3 is 5.32 Å². The number of aromatic amines is 1. The lowest BCUT2D eigenvalue weighted by molar-refractivity contribution is 0.977. The summed E-state index contributed by atoms with van der Waals surface area (Å²) in [5, 5.41) is 10.7. The van der Waals surface area contributed by atoms with Crippen LogP contribution in [0.3, 0.4) is 0 Å². The fourth-order valence-electron chi connectivity index (χ4n) is 0.923. The summed E-state index contributed by atoms with van der Waals surface area (Å²) >= 11 is 1.36. The summed E-state index contributed by atoms with van der Waals surface area (Å²) in [5.74, 6) is 0.803. The van der Waals surface area contributed by atoms with E-state index in [-0.39, 0.29) is 0 Å². The molecular formula is C7H9N5S. The number of nitrogens with one attached hydrogen (secondary N) is 2. The van der Waals surface area contributed by atoms with Gasteiger partial charge in [0.25, 0.3) is 0 Å². The van der Waals surface area contributed by atoms with Crippen molar-refractivity contribution in [2.45, 2.75) is 13.5 Å². The van der Waals surface area contributed by atoms with E-state index in [1.165, 1.54) is 11.5 Å². The molecule has 0 fully saturated rings. The first-order chi connectivity index (χ1) is 6.34. The molecule has 0 spiro atoms. The number of nitrogens with zero attached hydrogens (tertiary/aromatic N) is 3. The van der Waals surface area contributed by atoms with Crippen molar-refractivity contribution in [1.29, 1.82) is 0 Å². The smallest absolute Gasteiger partial charge is 0.202 e. The van der Waals surface area contributed by atoms with E-state index in [0.29, 0.717) is 6.54 Å². The molecule has 2 aromatic heterocycles. The third-order valence-corrected chi connectivity index (χ3v) is 2.28. The molecule has 0 aliphatic carbocycles. The molecule has 2 N–H and O–H groups in total. The van der Waals surface area contributed by atoms with Crippen LogP contribution in [-0.4, -0.2) is 19.6 Å². The molecule has 0 amide bonds. The van der Waals surface area contributed by atoms with Crippen LogP contribution in [0.15, 0.2) is 12.3 Å². The maximum Gasteiger partial charge on any atom is 0.202 e. The zero-order chi connectivity index (χ0) is 9.10. The quantitative estimate of drug-likeness (QED) is 0.771. The Labute approximate surface area is 79.4 Å². The fourth-order valence-corrected chi connectivity index (χ4v) is 1.49. The number of H-pyrrole nitrogens is 1. The standard InChI is InChI=1S/C7H9N5S/c1-5-10-7(13-12-5)8-4-6-2-3-9-11-6/h2-3H,4H2,1H3,(H,9,11)(H,8,10,12). The molecule has 0 aliphatic heterocycles. The summed E-state index contributed by atoms with van der Waals surface area (Å²) in [6, 6.07) is 1.92. The van der Waals surface area contributed by atoms with Gasteiger partial charge in [-0.05, 0) is 13.0 Å². The molecule has 0 radical (unpaired) electrons. The van der Waals surface area contributed by atoms with Gasteiger partial charge in [-0.1, -0.05) is 0 Å². The Hall–Kier alpha value is -1.43. The Morgan fingerprint density at radius 1 is 1.62 bits per heavy atom. The molecule has 0 atom stereocenters. The van der Waals surface area contributed by atoms with Gasteiger partial charge in [0.05, 0.1) is 12.2 Å². The normalized spacial score (nSPS) is 10.2. The summed E-state index contributed by atoms with van der Waals surface area (Å²) < 4.78 is 4.06. The molecule has 2 heterocycles. The zero-order valence-electron chi connectivity index (χ0n) is 7.11. The van der Waals surface area contributed by atoms with E-state index in [4.69, 9.17) is 0 Å². The van der Waals surface area contributed by atoms with Crippen LogP contribution in [0.4, 0.5) is 5.13 Å². The molecule has 0 unspecified atom stereocenters. The third-order valence-electron chi connectivity index (χ3n) is 1.52. The summed E-state index contributed by atoms with van der Waals surface area (Å²) in [4.78, 5) is 4.17. The first kappa shape index (κ1) is 8.18. The summed E-state index contributed by atoms with van der Waals surface area (Å²) in [6.07, 6.45) is 1.72. The average molecular weight is 195 g/mol. The second-order valence-electron chi connectivity index (χ2n) is 2.58. The van der Waals surface area contributed by atoms with Gasteiger partial charge in [-0.15, -0.1) is 0 Å². The van der Waals surface area contributed by atoms with Crippen LogP contribution < -0.4 is 5.32 Å². The van der Waals surface area contributed by atoms with Crippen LogP contribution in [0.25, 0.3) is 0 Å². The minimum atomic E-state index is 0.703. The van der Waals surface area contributed by atoms with Crippen LogP contribution in [0, 0.1) is 6.92 Å². The SMILES string of the molecule is Cc1nsc(NCc2ccn[nH]2)n1. The van der Waals surface area contributed by atoms with E-state index in [0.717, 1.165) is 16.6 Å². The third kappa shape index (κ3) is 2.03. The second kappa shape index (κ2) is 3.53. The van der Waals surface area contributed by atoms with Gasteiger partial charge in [0.15, 0.2) is 0 Å². The summed E-state index contributed by atoms with van der Waals surface area (Å²) in [7, 11) is 0. The van der Waals surface area contributed by atoms with Crippen LogP contribution in [0.5, 0.6) is 0 Å². The van der Waals surface area contributed by atoms with Crippen LogP contribution in [0.1, 0.15) is 11.5 Å². The molecule has 0 aliphatic rings. The Balaban J connectivity index is 1.93. The Morgan fingerprint density at radius 2 is 2.54 bits per heavy atom. The molecular weight excluding hydrogens is 186 g/mol. The predicted molar refractivity (Wildman–Crippen MR) is 50.6 cm³/mol. The van der Waals surface area contributed by atoms with Crippen LogP contribution in [-0.2, 0) is 6.54 Å². The van der Waals surface area contributed by atoms with Crippen molar-refractivity contribution in [2.75, 3.05) is 5.32 Å². The topological polar surface area (TPSA) is 66.5 Å². The van der Waals surface area contributed by atoms with Crippen molar-refractivity contribution < 1.29 is 0 Å². The number of aromatic nitrogens is 4. The average Bonchev–Trinajstić information content (AvgIpc) is 2.71. The molecule has 0 aromatic carbocycles. The van der Waals surface area contributed by atoms with Gasteiger partial charge in [-0.2, -0.15) is 9.47 Å². The van der Waals surface area contributed by atoms with Gasteiger partial charge in [0.1, 0.15) is 5.82 Å². The highest BCUT2D eigenvalue weighted by Crippen LogP contribution is 2.10. The Bertz CT molecular complexity index is 366. The number of hydrogen-bond acceptors (Lipinski definition) is 5. The Morgan fingerprint density at radius 3 is 3.15 bits per heavy atom. The fraction of sp³-hybridized carbons (Fsp3) is 0.286. The number of hydrogen-bond donors (Lipinski definition) is 2. The van der Waals surface area contributed by atoms with Gasteiger partial charge in [0.2, 0.25) is 5.13 Å². The van der Waals surface area contributed by atoms with Gasteiger partial charge >= 0.3 is 0 Å². The summed E-state index contributed by atoms with van der Waals surface area (Å²) in [6.45, 7) is 2.58.